The van der Waals surface area contributed by atoms with E-state index in [1.807, 2.05) is 0 Å². The number of nitrogens with one attached hydrogen (secondary N) is 1. The van der Waals surface area contributed by atoms with Crippen molar-refractivity contribution in [2.45, 2.75) is 31.8 Å². The van der Waals surface area contributed by atoms with E-state index in [4.69, 9.17) is 4.74 Å². The standard InChI is InChI=1S/C16H24N2O/c1-13(12-18-6-8-19-9-7-18)17-16-10-14-4-2-3-5-15(14)11-16/h2-5,13,16-17H,6-12H2,1H3. The summed E-state index contributed by atoms with van der Waals surface area (Å²) < 4.78 is 5.39. The molecule has 3 rings (SSSR count). The minimum Gasteiger partial charge on any atom is -0.379 e. The maximum Gasteiger partial charge on any atom is 0.0594 e. The lowest BCUT2D eigenvalue weighted by atomic mass is 10.1. The van der Waals surface area contributed by atoms with Gasteiger partial charge in [-0.2, -0.15) is 0 Å². The highest BCUT2D eigenvalue weighted by Gasteiger charge is 2.23. The van der Waals surface area contributed by atoms with Crippen molar-refractivity contribution in [1.82, 2.24) is 10.2 Å². The molecule has 0 bridgehead atoms. The molecule has 0 aromatic heterocycles. The summed E-state index contributed by atoms with van der Waals surface area (Å²) in [6.07, 6.45) is 2.37. The Morgan fingerprint density at radius 3 is 2.47 bits per heavy atom. The minimum atomic E-state index is 0.553. The van der Waals surface area contributed by atoms with E-state index in [0.29, 0.717) is 12.1 Å². The van der Waals surface area contributed by atoms with Crippen LogP contribution in [0.25, 0.3) is 0 Å². The second-order valence-electron chi connectivity index (χ2n) is 5.85. The van der Waals surface area contributed by atoms with Crippen molar-refractivity contribution < 1.29 is 4.74 Å². The van der Waals surface area contributed by atoms with E-state index in [2.05, 4.69) is 41.4 Å². The molecule has 1 unspecified atom stereocenters. The summed E-state index contributed by atoms with van der Waals surface area (Å²) in [6, 6.07) is 10.0. The van der Waals surface area contributed by atoms with Gasteiger partial charge in [0.15, 0.2) is 0 Å². The fraction of sp³-hybridized carbons (Fsp3) is 0.625. The van der Waals surface area contributed by atoms with Crippen LogP contribution in [0.5, 0.6) is 0 Å². The van der Waals surface area contributed by atoms with Crippen LogP contribution in [-0.4, -0.2) is 49.8 Å². The normalized spacial score (nSPS) is 22.4. The van der Waals surface area contributed by atoms with Crippen LogP contribution in [-0.2, 0) is 17.6 Å². The molecule has 1 aliphatic carbocycles. The Kier molecular flexibility index (Phi) is 4.16. The third-order valence-corrected chi connectivity index (χ3v) is 4.21. The van der Waals surface area contributed by atoms with Crippen molar-refractivity contribution in [2.75, 3.05) is 32.8 Å². The largest absolute Gasteiger partial charge is 0.379 e. The molecule has 1 heterocycles. The molecule has 1 fully saturated rings. The lowest BCUT2D eigenvalue weighted by molar-refractivity contribution is 0.0339. The van der Waals surface area contributed by atoms with Crippen molar-refractivity contribution in [3.8, 4) is 0 Å². The lowest BCUT2D eigenvalue weighted by Gasteiger charge is -2.30. The summed E-state index contributed by atoms with van der Waals surface area (Å²) in [7, 11) is 0. The Bertz CT molecular complexity index is 390. The van der Waals surface area contributed by atoms with Crippen LogP contribution in [0.15, 0.2) is 24.3 Å². The van der Waals surface area contributed by atoms with Gasteiger partial charge in [0.25, 0.3) is 0 Å². The highest BCUT2D eigenvalue weighted by atomic mass is 16.5. The molecule has 1 aromatic carbocycles. The van der Waals surface area contributed by atoms with Crippen LogP contribution in [0, 0.1) is 0 Å². The second-order valence-corrected chi connectivity index (χ2v) is 5.85. The molecule has 1 saturated heterocycles. The topological polar surface area (TPSA) is 24.5 Å². The van der Waals surface area contributed by atoms with Gasteiger partial charge in [0.05, 0.1) is 13.2 Å². The van der Waals surface area contributed by atoms with Gasteiger partial charge >= 0.3 is 0 Å². The van der Waals surface area contributed by atoms with Gasteiger partial charge in [-0.25, -0.2) is 0 Å². The van der Waals surface area contributed by atoms with Gasteiger partial charge in [-0.1, -0.05) is 24.3 Å². The van der Waals surface area contributed by atoms with Crippen LogP contribution in [0.2, 0.25) is 0 Å². The predicted octanol–water partition coefficient (Wildman–Crippen LogP) is 1.46. The Morgan fingerprint density at radius 1 is 1.21 bits per heavy atom. The Balaban J connectivity index is 1.47. The molecule has 2 aliphatic rings. The van der Waals surface area contributed by atoms with Crippen LogP contribution >= 0.6 is 0 Å². The van der Waals surface area contributed by atoms with Crippen molar-refractivity contribution in [1.29, 1.82) is 0 Å². The molecule has 0 spiro atoms. The number of fused-ring (bicyclic) bond motifs is 1. The van der Waals surface area contributed by atoms with Crippen LogP contribution in [0.4, 0.5) is 0 Å². The molecule has 1 aromatic rings. The number of benzene rings is 1. The van der Waals surface area contributed by atoms with E-state index in [9.17, 15) is 0 Å². The van der Waals surface area contributed by atoms with E-state index in [0.717, 1.165) is 32.8 Å². The van der Waals surface area contributed by atoms with Crippen LogP contribution in [0.3, 0.4) is 0 Å². The lowest BCUT2D eigenvalue weighted by Crippen LogP contribution is -2.47. The molecular weight excluding hydrogens is 236 g/mol. The zero-order chi connectivity index (χ0) is 13.1. The summed E-state index contributed by atoms with van der Waals surface area (Å²) in [5.74, 6) is 0. The van der Waals surface area contributed by atoms with E-state index in [1.165, 1.54) is 24.0 Å². The first-order chi connectivity index (χ1) is 9.31. The summed E-state index contributed by atoms with van der Waals surface area (Å²) in [5, 5.41) is 3.79. The maximum atomic E-state index is 5.39. The molecule has 3 heteroatoms. The highest BCUT2D eigenvalue weighted by molar-refractivity contribution is 5.33. The minimum absolute atomic E-state index is 0.553. The van der Waals surface area contributed by atoms with Gasteiger partial charge < -0.3 is 10.1 Å². The zero-order valence-corrected chi connectivity index (χ0v) is 11.8. The van der Waals surface area contributed by atoms with Gasteiger partial charge in [0, 0.05) is 31.7 Å². The maximum absolute atomic E-state index is 5.39. The van der Waals surface area contributed by atoms with Crippen molar-refractivity contribution in [2.24, 2.45) is 0 Å². The SMILES string of the molecule is CC(CN1CCOCC1)NC1Cc2ccccc2C1. The second kappa shape index (κ2) is 6.04. The number of hydrogen-bond donors (Lipinski definition) is 1. The monoisotopic (exact) mass is 260 g/mol. The molecule has 0 amide bonds. The summed E-state index contributed by atoms with van der Waals surface area (Å²) >= 11 is 0. The zero-order valence-electron chi connectivity index (χ0n) is 11.8. The average molecular weight is 260 g/mol. The quantitative estimate of drug-likeness (QED) is 0.887. The Labute approximate surface area is 115 Å². The molecule has 104 valence electrons. The molecule has 3 nitrogen and oxygen atoms in total. The fourth-order valence-corrected chi connectivity index (χ4v) is 3.30. The van der Waals surface area contributed by atoms with E-state index in [1.54, 1.807) is 0 Å². The summed E-state index contributed by atoms with van der Waals surface area (Å²) in [5.41, 5.74) is 3.05. The van der Waals surface area contributed by atoms with Gasteiger partial charge in [0.1, 0.15) is 0 Å². The molecule has 1 aliphatic heterocycles. The molecule has 1 atom stereocenters. The van der Waals surface area contributed by atoms with Crippen molar-refractivity contribution in [3.05, 3.63) is 35.4 Å². The third kappa shape index (κ3) is 3.35. The Hall–Kier alpha value is -0.900. The van der Waals surface area contributed by atoms with Crippen molar-refractivity contribution in [3.63, 3.8) is 0 Å². The first-order valence-corrected chi connectivity index (χ1v) is 7.44. The van der Waals surface area contributed by atoms with Gasteiger partial charge in [-0.15, -0.1) is 0 Å². The van der Waals surface area contributed by atoms with E-state index < -0.39 is 0 Å². The first kappa shape index (κ1) is 13.1. The molecule has 0 saturated carbocycles. The van der Waals surface area contributed by atoms with E-state index >= 15 is 0 Å². The number of hydrogen-bond acceptors (Lipinski definition) is 3. The number of nitrogens with zero attached hydrogens (tertiary/aromatic N) is 1. The van der Waals surface area contributed by atoms with Gasteiger partial charge in [0.2, 0.25) is 0 Å². The number of morpholine rings is 1. The van der Waals surface area contributed by atoms with Crippen LogP contribution < -0.4 is 5.32 Å². The van der Waals surface area contributed by atoms with E-state index in [-0.39, 0.29) is 0 Å². The van der Waals surface area contributed by atoms with Crippen molar-refractivity contribution >= 4 is 0 Å². The number of ether oxygens (including phenoxy) is 1. The Morgan fingerprint density at radius 2 is 1.84 bits per heavy atom. The molecular formula is C16H24N2O. The third-order valence-electron chi connectivity index (χ3n) is 4.21. The fourth-order valence-electron chi connectivity index (χ4n) is 3.30. The predicted molar refractivity (Wildman–Crippen MR) is 77.5 cm³/mol. The van der Waals surface area contributed by atoms with Gasteiger partial charge in [-0.05, 0) is 30.9 Å². The highest BCUT2D eigenvalue weighted by Crippen LogP contribution is 2.21. The summed E-state index contributed by atoms with van der Waals surface area (Å²) in [6.45, 7) is 7.38. The molecule has 1 N–H and O–H groups in total. The smallest absolute Gasteiger partial charge is 0.0594 e. The van der Waals surface area contributed by atoms with Gasteiger partial charge in [-0.3, -0.25) is 4.90 Å². The summed E-state index contributed by atoms with van der Waals surface area (Å²) in [4.78, 5) is 2.50. The average Bonchev–Trinajstić information content (AvgIpc) is 2.81. The van der Waals surface area contributed by atoms with Crippen LogP contribution in [0.1, 0.15) is 18.1 Å². The molecule has 19 heavy (non-hydrogen) atoms. The first-order valence-electron chi connectivity index (χ1n) is 7.44. The number of rotatable bonds is 4. The molecule has 0 radical (unpaired) electrons.